The molecule has 5 heteroatoms. The van der Waals surface area contributed by atoms with Crippen LogP contribution in [0.25, 0.3) is 10.9 Å². The number of carbonyl (C=O) groups excluding carboxylic acids is 2. The van der Waals surface area contributed by atoms with Crippen LogP contribution in [0.3, 0.4) is 0 Å². The van der Waals surface area contributed by atoms with E-state index in [2.05, 4.69) is 6.07 Å². The number of fused-ring (bicyclic) bond motifs is 5. The number of hydrogen-bond acceptors (Lipinski definition) is 3. The molecular formula is C22H26N2O3. The molecule has 2 aliphatic rings. The SMILES string of the molecule is C/C=C1\CC[C@H]2c3c(c4ccccc4n3C(=O)OC(C)(C)C)CCN2C1=O. The number of aromatic nitrogens is 1. The van der Waals surface area contributed by atoms with E-state index in [0.29, 0.717) is 6.54 Å². The van der Waals surface area contributed by atoms with Gasteiger partial charge in [0, 0.05) is 17.5 Å². The quantitative estimate of drug-likeness (QED) is 0.641. The molecule has 1 saturated heterocycles. The number of nitrogens with zero attached hydrogens (tertiary/aromatic N) is 2. The molecule has 2 aliphatic heterocycles. The fraction of sp³-hybridized carbons (Fsp3) is 0.455. The van der Waals surface area contributed by atoms with Gasteiger partial charge in [-0.05, 0) is 58.6 Å². The maximum Gasteiger partial charge on any atom is 0.419 e. The second-order valence-corrected chi connectivity index (χ2v) is 8.31. The molecule has 0 spiro atoms. The van der Waals surface area contributed by atoms with Gasteiger partial charge >= 0.3 is 6.09 Å². The molecule has 142 valence electrons. The molecule has 1 fully saturated rings. The van der Waals surface area contributed by atoms with Crippen LogP contribution in [0.5, 0.6) is 0 Å². The Hall–Kier alpha value is -2.56. The van der Waals surface area contributed by atoms with E-state index in [9.17, 15) is 9.59 Å². The summed E-state index contributed by atoms with van der Waals surface area (Å²) in [6.07, 6.45) is 3.87. The zero-order valence-corrected chi connectivity index (χ0v) is 16.4. The summed E-state index contributed by atoms with van der Waals surface area (Å²) in [5.74, 6) is 0.0976. The largest absolute Gasteiger partial charge is 0.443 e. The number of para-hydroxylation sites is 1. The van der Waals surface area contributed by atoms with Crippen molar-refractivity contribution in [2.24, 2.45) is 0 Å². The van der Waals surface area contributed by atoms with Crippen LogP contribution >= 0.6 is 0 Å². The van der Waals surface area contributed by atoms with Crippen molar-refractivity contribution in [3.63, 3.8) is 0 Å². The summed E-state index contributed by atoms with van der Waals surface area (Å²) in [5.41, 5.74) is 3.26. The molecule has 0 saturated carbocycles. The number of rotatable bonds is 0. The van der Waals surface area contributed by atoms with E-state index in [4.69, 9.17) is 4.74 Å². The van der Waals surface area contributed by atoms with Gasteiger partial charge in [0.1, 0.15) is 5.60 Å². The predicted octanol–water partition coefficient (Wildman–Crippen LogP) is 4.59. The fourth-order valence-corrected chi connectivity index (χ4v) is 4.37. The highest BCUT2D eigenvalue weighted by molar-refractivity contribution is 5.97. The van der Waals surface area contributed by atoms with Gasteiger partial charge in [-0.1, -0.05) is 24.3 Å². The molecule has 0 bridgehead atoms. The van der Waals surface area contributed by atoms with Crippen LogP contribution in [0.1, 0.15) is 57.8 Å². The van der Waals surface area contributed by atoms with Gasteiger partial charge in [0.15, 0.2) is 0 Å². The van der Waals surface area contributed by atoms with Gasteiger partial charge in [0.05, 0.1) is 17.3 Å². The normalized spacial score (nSPS) is 21.3. The van der Waals surface area contributed by atoms with E-state index >= 15 is 0 Å². The van der Waals surface area contributed by atoms with Crippen molar-refractivity contribution in [1.82, 2.24) is 9.47 Å². The molecule has 5 nitrogen and oxygen atoms in total. The van der Waals surface area contributed by atoms with Crippen molar-refractivity contribution in [1.29, 1.82) is 0 Å². The fourth-order valence-electron chi connectivity index (χ4n) is 4.37. The van der Waals surface area contributed by atoms with Crippen LogP contribution in [-0.2, 0) is 16.0 Å². The number of ether oxygens (including phenoxy) is 1. The molecular weight excluding hydrogens is 340 g/mol. The van der Waals surface area contributed by atoms with Crippen molar-refractivity contribution < 1.29 is 14.3 Å². The predicted molar refractivity (Wildman–Crippen MR) is 105 cm³/mol. The topological polar surface area (TPSA) is 51.5 Å². The van der Waals surface area contributed by atoms with Gasteiger partial charge in [-0.25, -0.2) is 9.36 Å². The maximum absolute atomic E-state index is 13.1. The van der Waals surface area contributed by atoms with Gasteiger partial charge in [-0.15, -0.1) is 0 Å². The summed E-state index contributed by atoms with van der Waals surface area (Å²) in [4.78, 5) is 27.9. The van der Waals surface area contributed by atoms with Crippen molar-refractivity contribution in [2.45, 2.75) is 58.6 Å². The van der Waals surface area contributed by atoms with E-state index in [1.807, 2.05) is 56.9 Å². The van der Waals surface area contributed by atoms with Crippen LogP contribution in [0.2, 0.25) is 0 Å². The van der Waals surface area contributed by atoms with Crippen molar-refractivity contribution in [2.75, 3.05) is 6.54 Å². The Bertz CT molecular complexity index is 962. The molecule has 1 aromatic carbocycles. The molecule has 4 rings (SSSR count). The lowest BCUT2D eigenvalue weighted by atomic mass is 9.88. The Morgan fingerprint density at radius 3 is 2.67 bits per heavy atom. The molecule has 1 aromatic heterocycles. The lowest BCUT2D eigenvalue weighted by Crippen LogP contribution is -2.45. The van der Waals surface area contributed by atoms with Crippen LogP contribution in [0.4, 0.5) is 4.79 Å². The minimum Gasteiger partial charge on any atom is -0.443 e. The molecule has 3 heterocycles. The number of carbonyl (C=O) groups is 2. The van der Waals surface area contributed by atoms with E-state index in [1.54, 1.807) is 4.57 Å². The molecule has 1 amide bonds. The number of hydrogen-bond donors (Lipinski definition) is 0. The summed E-state index contributed by atoms with van der Waals surface area (Å²) in [7, 11) is 0. The second kappa shape index (κ2) is 6.25. The van der Waals surface area contributed by atoms with Gasteiger partial charge in [-0.3, -0.25) is 4.79 Å². The number of piperidine rings is 1. The first-order valence-electron chi connectivity index (χ1n) is 9.63. The van der Waals surface area contributed by atoms with Crippen molar-refractivity contribution in [3.8, 4) is 0 Å². The van der Waals surface area contributed by atoms with Gasteiger partial charge in [-0.2, -0.15) is 0 Å². The first-order chi connectivity index (χ1) is 12.8. The van der Waals surface area contributed by atoms with Crippen LogP contribution in [-0.4, -0.2) is 33.6 Å². The molecule has 27 heavy (non-hydrogen) atoms. The minimum atomic E-state index is -0.579. The Morgan fingerprint density at radius 2 is 1.96 bits per heavy atom. The number of benzene rings is 1. The standard InChI is InChI=1S/C22H26N2O3/c1-5-14-10-11-18-19-16(12-13-23(18)20(14)25)15-8-6-7-9-17(15)24(19)21(26)27-22(2,3)4/h5-9,18H,10-13H2,1-4H3/b14-5+/t18-/m0/s1. The van der Waals surface area contributed by atoms with E-state index < -0.39 is 5.60 Å². The number of allylic oxidation sites excluding steroid dienone is 1. The van der Waals surface area contributed by atoms with Crippen LogP contribution < -0.4 is 0 Å². The maximum atomic E-state index is 13.1. The minimum absolute atomic E-state index is 0.0788. The average molecular weight is 366 g/mol. The van der Waals surface area contributed by atoms with Gasteiger partial charge in [0.25, 0.3) is 0 Å². The van der Waals surface area contributed by atoms with Crippen molar-refractivity contribution >= 4 is 22.9 Å². The summed E-state index contributed by atoms with van der Waals surface area (Å²) in [6.45, 7) is 8.23. The van der Waals surface area contributed by atoms with Crippen LogP contribution in [0.15, 0.2) is 35.9 Å². The smallest absolute Gasteiger partial charge is 0.419 e. The zero-order valence-electron chi connectivity index (χ0n) is 16.4. The summed E-state index contributed by atoms with van der Waals surface area (Å²) >= 11 is 0. The Balaban J connectivity index is 1.89. The van der Waals surface area contributed by atoms with Gasteiger partial charge in [0.2, 0.25) is 5.91 Å². The summed E-state index contributed by atoms with van der Waals surface area (Å²) < 4.78 is 7.42. The third-order valence-electron chi connectivity index (χ3n) is 5.46. The van der Waals surface area contributed by atoms with E-state index in [1.165, 1.54) is 5.56 Å². The molecule has 2 aromatic rings. The third-order valence-corrected chi connectivity index (χ3v) is 5.46. The van der Waals surface area contributed by atoms with E-state index in [0.717, 1.165) is 41.4 Å². The summed E-state index contributed by atoms with van der Waals surface area (Å²) in [6, 6.07) is 7.88. The highest BCUT2D eigenvalue weighted by atomic mass is 16.6. The Labute approximate surface area is 159 Å². The number of amides is 1. The highest BCUT2D eigenvalue weighted by Gasteiger charge is 2.40. The molecule has 0 unspecified atom stereocenters. The molecule has 0 N–H and O–H groups in total. The third kappa shape index (κ3) is 2.85. The average Bonchev–Trinajstić information content (AvgIpc) is 2.95. The second-order valence-electron chi connectivity index (χ2n) is 8.31. The lowest BCUT2D eigenvalue weighted by molar-refractivity contribution is -0.132. The van der Waals surface area contributed by atoms with Crippen molar-refractivity contribution in [3.05, 3.63) is 47.2 Å². The molecule has 0 aliphatic carbocycles. The first-order valence-corrected chi connectivity index (χ1v) is 9.63. The first kappa shape index (κ1) is 17.8. The Kier molecular flexibility index (Phi) is 4.13. The zero-order chi connectivity index (χ0) is 19.3. The highest BCUT2D eigenvalue weighted by Crippen LogP contribution is 2.43. The monoisotopic (exact) mass is 366 g/mol. The summed E-state index contributed by atoms with van der Waals surface area (Å²) in [5, 5.41) is 1.09. The molecule has 1 atom stereocenters. The van der Waals surface area contributed by atoms with Crippen LogP contribution in [0, 0.1) is 0 Å². The van der Waals surface area contributed by atoms with Gasteiger partial charge < -0.3 is 9.64 Å². The Morgan fingerprint density at radius 1 is 1.22 bits per heavy atom. The lowest BCUT2D eigenvalue weighted by Gasteiger charge is -2.40. The van der Waals surface area contributed by atoms with E-state index in [-0.39, 0.29) is 18.0 Å². The molecule has 0 radical (unpaired) electrons.